The first-order valence-corrected chi connectivity index (χ1v) is 9.90. The van der Waals surface area contributed by atoms with Crippen LogP contribution < -0.4 is 16.1 Å². The number of aliphatic hydroxyl groups is 1. The van der Waals surface area contributed by atoms with Gasteiger partial charge >= 0.3 is 5.69 Å². The lowest BCUT2D eigenvalue weighted by molar-refractivity contribution is -0.0973. The maximum absolute atomic E-state index is 15.4. The van der Waals surface area contributed by atoms with Crippen LogP contribution in [-0.4, -0.2) is 39.8 Å². The fraction of sp³-hybridized carbons (Fsp3) is 0.600. The summed E-state index contributed by atoms with van der Waals surface area (Å²) < 4.78 is 44.6. The Morgan fingerprint density at radius 1 is 1.14 bits per heavy atom. The third-order valence-corrected chi connectivity index (χ3v) is 6.86. The highest BCUT2D eigenvalue weighted by molar-refractivity contribution is 5.90. The van der Waals surface area contributed by atoms with Crippen LogP contribution >= 0.6 is 0 Å². The van der Waals surface area contributed by atoms with Crippen molar-refractivity contribution in [3.8, 4) is 0 Å². The van der Waals surface area contributed by atoms with E-state index in [0.717, 1.165) is 12.8 Å². The summed E-state index contributed by atoms with van der Waals surface area (Å²) >= 11 is 0. The monoisotopic (exact) mass is 409 g/mol. The molecule has 3 fully saturated rings. The molecule has 2 N–H and O–H groups in total. The van der Waals surface area contributed by atoms with Crippen LogP contribution in [0.3, 0.4) is 0 Å². The molecule has 3 unspecified atom stereocenters. The SMILES string of the molecule is Cc1c(F)c(N2CC3CC(F)(F)C(O)C3C2)c(C)c2c1c(=O)[nH]c(=O)n2C1CC1. The lowest BCUT2D eigenvalue weighted by atomic mass is 9.99. The Morgan fingerprint density at radius 2 is 1.83 bits per heavy atom. The van der Waals surface area contributed by atoms with Gasteiger partial charge in [0.2, 0.25) is 0 Å². The highest BCUT2D eigenvalue weighted by atomic mass is 19.3. The van der Waals surface area contributed by atoms with E-state index in [1.54, 1.807) is 11.8 Å². The molecule has 29 heavy (non-hydrogen) atoms. The van der Waals surface area contributed by atoms with Crippen molar-refractivity contribution in [3.63, 3.8) is 0 Å². The number of halogens is 3. The molecule has 0 radical (unpaired) electrons. The van der Waals surface area contributed by atoms with Gasteiger partial charge in [0.1, 0.15) is 6.10 Å². The molecule has 0 spiro atoms. The molecule has 0 bridgehead atoms. The van der Waals surface area contributed by atoms with Crippen molar-refractivity contribution >= 4 is 16.6 Å². The molecule has 6 nitrogen and oxygen atoms in total. The summed E-state index contributed by atoms with van der Waals surface area (Å²) in [4.78, 5) is 28.9. The zero-order valence-electron chi connectivity index (χ0n) is 16.1. The van der Waals surface area contributed by atoms with Crippen molar-refractivity contribution in [1.29, 1.82) is 0 Å². The molecule has 3 atom stereocenters. The van der Waals surface area contributed by atoms with Crippen LogP contribution in [0.25, 0.3) is 10.9 Å². The van der Waals surface area contributed by atoms with Crippen LogP contribution in [-0.2, 0) is 0 Å². The summed E-state index contributed by atoms with van der Waals surface area (Å²) in [6.45, 7) is 3.48. The molecule has 0 amide bonds. The number of fused-ring (bicyclic) bond motifs is 2. The largest absolute Gasteiger partial charge is 0.386 e. The summed E-state index contributed by atoms with van der Waals surface area (Å²) in [5.41, 5.74) is 0.107. The molecule has 2 aliphatic carbocycles. The topological polar surface area (TPSA) is 78.3 Å². The number of aryl methyl sites for hydroxylation is 2. The highest BCUT2D eigenvalue weighted by Gasteiger charge is 2.58. The number of H-pyrrole nitrogens is 1. The normalized spacial score (nSPS) is 28.3. The van der Waals surface area contributed by atoms with E-state index in [4.69, 9.17) is 0 Å². The van der Waals surface area contributed by atoms with Crippen LogP contribution in [0.5, 0.6) is 0 Å². The fourth-order valence-electron chi connectivity index (χ4n) is 5.32. The first-order valence-electron chi connectivity index (χ1n) is 9.90. The predicted molar refractivity (Wildman–Crippen MR) is 101 cm³/mol. The Bertz CT molecular complexity index is 1150. The van der Waals surface area contributed by atoms with Gasteiger partial charge in [-0.1, -0.05) is 0 Å². The number of nitrogens with zero attached hydrogens (tertiary/aromatic N) is 2. The first kappa shape index (κ1) is 18.7. The van der Waals surface area contributed by atoms with E-state index in [1.165, 1.54) is 11.5 Å². The van der Waals surface area contributed by atoms with Gasteiger partial charge in [-0.3, -0.25) is 14.3 Å². The Labute approximate surface area is 163 Å². The summed E-state index contributed by atoms with van der Waals surface area (Å²) in [7, 11) is 0. The number of aromatic amines is 1. The van der Waals surface area contributed by atoms with Crippen LogP contribution in [0.1, 0.15) is 36.4 Å². The molecule has 1 aromatic carbocycles. The van der Waals surface area contributed by atoms with E-state index in [0.29, 0.717) is 11.1 Å². The zero-order valence-corrected chi connectivity index (χ0v) is 16.1. The van der Waals surface area contributed by atoms with E-state index >= 15 is 4.39 Å². The molecule has 2 aromatic rings. The number of aliphatic hydroxyl groups excluding tert-OH is 1. The molecule has 9 heteroatoms. The molecule has 2 heterocycles. The van der Waals surface area contributed by atoms with Crippen molar-refractivity contribution in [2.75, 3.05) is 18.0 Å². The smallest absolute Gasteiger partial charge is 0.329 e. The molecule has 5 rings (SSSR count). The van der Waals surface area contributed by atoms with Crippen LogP contribution in [0.4, 0.5) is 18.9 Å². The van der Waals surface area contributed by atoms with Crippen molar-refractivity contribution in [2.45, 2.75) is 51.2 Å². The van der Waals surface area contributed by atoms with Gasteiger partial charge in [-0.25, -0.2) is 18.0 Å². The van der Waals surface area contributed by atoms with Crippen molar-refractivity contribution in [1.82, 2.24) is 9.55 Å². The van der Waals surface area contributed by atoms with Crippen molar-refractivity contribution < 1.29 is 18.3 Å². The quantitative estimate of drug-likeness (QED) is 0.798. The lowest BCUT2D eigenvalue weighted by Crippen LogP contribution is -2.36. The molecule has 1 aromatic heterocycles. The van der Waals surface area contributed by atoms with Gasteiger partial charge in [0.05, 0.1) is 16.6 Å². The number of nitrogens with one attached hydrogen (secondary N) is 1. The molecule has 156 valence electrons. The van der Waals surface area contributed by atoms with Gasteiger partial charge in [0.25, 0.3) is 11.5 Å². The minimum absolute atomic E-state index is 0.0308. The summed E-state index contributed by atoms with van der Waals surface area (Å²) in [6, 6.07) is -0.0308. The number of aromatic nitrogens is 2. The standard InChI is InChI=1S/C20H22F3N3O3/c1-8-13-15(26(11-3-4-11)19(29)24-18(13)28)9(2)16(14(8)21)25-6-10-5-20(22,23)17(27)12(10)7-25/h10-12,17,27H,3-7H2,1-2H3,(H,24,28,29). The highest BCUT2D eigenvalue weighted by Crippen LogP contribution is 2.49. The number of rotatable bonds is 2. The second-order valence-electron chi connectivity index (χ2n) is 8.74. The second-order valence-corrected chi connectivity index (χ2v) is 8.74. The Morgan fingerprint density at radius 3 is 2.45 bits per heavy atom. The minimum Gasteiger partial charge on any atom is -0.386 e. The zero-order chi connectivity index (χ0) is 20.8. The Balaban J connectivity index is 1.70. The van der Waals surface area contributed by atoms with Gasteiger partial charge in [-0.2, -0.15) is 0 Å². The predicted octanol–water partition coefficient (Wildman–Crippen LogP) is 2.23. The van der Waals surface area contributed by atoms with E-state index in [1.807, 2.05) is 0 Å². The van der Waals surface area contributed by atoms with E-state index in [-0.39, 0.29) is 35.8 Å². The maximum Gasteiger partial charge on any atom is 0.329 e. The fourth-order valence-corrected chi connectivity index (χ4v) is 5.32. The number of hydrogen-bond acceptors (Lipinski definition) is 4. The van der Waals surface area contributed by atoms with Crippen molar-refractivity contribution in [3.05, 3.63) is 37.8 Å². The third kappa shape index (κ3) is 2.52. The number of anilines is 1. The number of alkyl halides is 2. The van der Waals surface area contributed by atoms with Crippen LogP contribution in [0, 0.1) is 31.5 Å². The van der Waals surface area contributed by atoms with Gasteiger partial charge in [0, 0.05) is 42.6 Å². The average molecular weight is 409 g/mol. The molecule has 3 aliphatic rings. The third-order valence-electron chi connectivity index (χ3n) is 6.86. The maximum atomic E-state index is 15.4. The molecule has 1 saturated heterocycles. The summed E-state index contributed by atoms with van der Waals surface area (Å²) in [5, 5.41) is 10.1. The molecule has 1 aliphatic heterocycles. The summed E-state index contributed by atoms with van der Waals surface area (Å²) in [5.74, 6) is -4.76. The van der Waals surface area contributed by atoms with E-state index < -0.39 is 47.3 Å². The molecular formula is C20H22F3N3O3. The summed E-state index contributed by atoms with van der Waals surface area (Å²) in [6.07, 6.45) is -0.549. The average Bonchev–Trinajstić information content (AvgIpc) is 3.35. The van der Waals surface area contributed by atoms with E-state index in [9.17, 15) is 23.5 Å². The van der Waals surface area contributed by atoms with Gasteiger partial charge in [-0.15, -0.1) is 0 Å². The molecular weight excluding hydrogens is 387 g/mol. The van der Waals surface area contributed by atoms with Gasteiger partial charge in [-0.05, 0) is 32.6 Å². The first-order chi connectivity index (χ1) is 13.6. The second kappa shape index (κ2) is 5.87. The lowest BCUT2D eigenvalue weighted by Gasteiger charge is -2.27. The van der Waals surface area contributed by atoms with Crippen LogP contribution in [0.2, 0.25) is 0 Å². The number of hydrogen-bond donors (Lipinski definition) is 2. The molecule has 2 saturated carbocycles. The Kier molecular flexibility index (Phi) is 3.79. The van der Waals surface area contributed by atoms with Gasteiger partial charge < -0.3 is 10.0 Å². The van der Waals surface area contributed by atoms with Gasteiger partial charge in [0.15, 0.2) is 5.82 Å². The minimum atomic E-state index is -3.12. The Hall–Kier alpha value is -2.29. The van der Waals surface area contributed by atoms with Crippen molar-refractivity contribution in [2.24, 2.45) is 11.8 Å². The number of benzene rings is 1. The van der Waals surface area contributed by atoms with E-state index in [2.05, 4.69) is 4.98 Å². The van der Waals surface area contributed by atoms with Crippen LogP contribution in [0.15, 0.2) is 9.59 Å².